The van der Waals surface area contributed by atoms with Crippen molar-refractivity contribution in [3.8, 4) is 0 Å². The normalized spacial score (nSPS) is 23.9. The summed E-state index contributed by atoms with van der Waals surface area (Å²) in [6, 6.07) is 0. The van der Waals surface area contributed by atoms with Gasteiger partial charge in [-0.05, 0) is 38.0 Å². The lowest BCUT2D eigenvalue weighted by molar-refractivity contribution is 0.104. The molecule has 0 radical (unpaired) electrons. The van der Waals surface area contributed by atoms with Crippen LogP contribution in [0.25, 0.3) is 0 Å². The largest absolute Gasteiger partial charge is 0.382 e. The van der Waals surface area contributed by atoms with Gasteiger partial charge in [-0.1, -0.05) is 19.8 Å². The minimum Gasteiger partial charge on any atom is -0.382 e. The lowest BCUT2D eigenvalue weighted by Crippen LogP contribution is -2.50. The maximum atomic E-state index is 5.63. The van der Waals surface area contributed by atoms with E-state index in [1.165, 1.54) is 44.3 Å². The number of ether oxygens (including phenoxy) is 1. The van der Waals surface area contributed by atoms with Crippen molar-refractivity contribution in [3.05, 3.63) is 0 Å². The first kappa shape index (κ1) is 22.4. The van der Waals surface area contributed by atoms with Crippen molar-refractivity contribution < 1.29 is 4.74 Å². The molecule has 6 heteroatoms. The predicted molar refractivity (Wildman–Crippen MR) is 117 cm³/mol. The Kier molecular flexibility index (Phi) is 11.0. The van der Waals surface area contributed by atoms with E-state index in [0.717, 1.165) is 44.1 Å². The molecule has 1 saturated heterocycles. The van der Waals surface area contributed by atoms with Crippen LogP contribution in [0.5, 0.6) is 0 Å². The van der Waals surface area contributed by atoms with Crippen LogP contribution < -0.4 is 5.32 Å². The van der Waals surface area contributed by atoms with Crippen molar-refractivity contribution in [1.29, 1.82) is 0 Å². The third kappa shape index (κ3) is 6.56. The van der Waals surface area contributed by atoms with E-state index in [2.05, 4.69) is 40.8 Å². The molecule has 4 nitrogen and oxygen atoms in total. The number of hydrogen-bond donors (Lipinski definition) is 1. The van der Waals surface area contributed by atoms with Crippen LogP contribution in [-0.2, 0) is 4.74 Å². The number of thioether (sulfide) groups is 1. The van der Waals surface area contributed by atoms with Crippen LogP contribution in [0.3, 0.4) is 0 Å². The molecule has 24 heavy (non-hydrogen) atoms. The Morgan fingerprint density at radius 1 is 1.33 bits per heavy atom. The first-order chi connectivity index (χ1) is 11.2. The Labute approximate surface area is 170 Å². The van der Waals surface area contributed by atoms with Crippen molar-refractivity contribution in [2.75, 3.05) is 45.6 Å². The van der Waals surface area contributed by atoms with Gasteiger partial charge in [-0.2, -0.15) is 11.8 Å². The minimum atomic E-state index is 0. The first-order valence-electron chi connectivity index (χ1n) is 9.38. The summed E-state index contributed by atoms with van der Waals surface area (Å²) in [5, 5.41) is 4.46. The highest BCUT2D eigenvalue weighted by Gasteiger charge is 2.34. The van der Waals surface area contributed by atoms with Crippen molar-refractivity contribution in [2.45, 2.75) is 57.6 Å². The zero-order valence-electron chi connectivity index (χ0n) is 15.7. The maximum absolute atomic E-state index is 5.63. The molecule has 2 fully saturated rings. The minimum absolute atomic E-state index is 0. The molecule has 0 aromatic heterocycles. The highest BCUT2D eigenvalue weighted by molar-refractivity contribution is 14.0. The zero-order chi connectivity index (χ0) is 16.5. The maximum Gasteiger partial charge on any atom is 0.193 e. The smallest absolute Gasteiger partial charge is 0.193 e. The van der Waals surface area contributed by atoms with Gasteiger partial charge in [0.25, 0.3) is 0 Å². The van der Waals surface area contributed by atoms with Gasteiger partial charge in [0.1, 0.15) is 0 Å². The molecule has 1 aliphatic carbocycles. The van der Waals surface area contributed by atoms with Gasteiger partial charge in [-0.25, -0.2) is 0 Å². The molecule has 1 saturated carbocycles. The Balaban J connectivity index is 0.00000288. The highest BCUT2D eigenvalue weighted by atomic mass is 127. The summed E-state index contributed by atoms with van der Waals surface area (Å²) in [5.41, 5.74) is 0.416. The molecule has 2 rings (SSSR count). The summed E-state index contributed by atoms with van der Waals surface area (Å²) in [4.78, 5) is 7.01. The molecular formula is C18H36IN3OS. The van der Waals surface area contributed by atoms with Crippen LogP contribution in [0.15, 0.2) is 4.99 Å². The van der Waals surface area contributed by atoms with Crippen molar-refractivity contribution in [3.63, 3.8) is 0 Å². The molecule has 1 N–H and O–H groups in total. The number of guanidine groups is 1. The second-order valence-corrected chi connectivity index (χ2v) is 8.31. The summed E-state index contributed by atoms with van der Waals surface area (Å²) < 4.78 is 5.63. The zero-order valence-corrected chi connectivity index (χ0v) is 18.8. The monoisotopic (exact) mass is 469 g/mol. The fourth-order valence-electron chi connectivity index (χ4n) is 3.83. The molecule has 1 atom stereocenters. The molecule has 142 valence electrons. The van der Waals surface area contributed by atoms with E-state index in [-0.39, 0.29) is 24.0 Å². The van der Waals surface area contributed by atoms with Crippen molar-refractivity contribution in [2.24, 2.45) is 10.4 Å². The van der Waals surface area contributed by atoms with E-state index >= 15 is 0 Å². The average Bonchev–Trinajstić information content (AvgIpc) is 3.05. The summed E-state index contributed by atoms with van der Waals surface area (Å²) >= 11 is 2.11. The second-order valence-electron chi connectivity index (χ2n) is 6.90. The van der Waals surface area contributed by atoms with Crippen LogP contribution in [0, 0.1) is 5.41 Å². The number of nitrogens with one attached hydrogen (secondary N) is 1. The predicted octanol–water partition coefficient (Wildman–Crippen LogP) is 3.99. The molecule has 1 unspecified atom stereocenters. The van der Waals surface area contributed by atoms with E-state index < -0.39 is 0 Å². The SMILES string of the molecule is CCOCCC1(CNC(=NC)N2CCSC(CC)C2)CCCC1.I. The van der Waals surface area contributed by atoms with Gasteiger partial charge < -0.3 is 15.0 Å². The first-order valence-corrected chi connectivity index (χ1v) is 10.4. The molecule has 2 aliphatic rings. The van der Waals surface area contributed by atoms with Crippen molar-refractivity contribution in [1.82, 2.24) is 10.2 Å². The highest BCUT2D eigenvalue weighted by Crippen LogP contribution is 2.40. The van der Waals surface area contributed by atoms with Crippen molar-refractivity contribution >= 4 is 41.7 Å². The average molecular weight is 469 g/mol. The van der Waals surface area contributed by atoms with E-state index in [4.69, 9.17) is 4.74 Å². The number of aliphatic imine (C=N–C) groups is 1. The lowest BCUT2D eigenvalue weighted by atomic mass is 9.83. The van der Waals surface area contributed by atoms with Gasteiger partial charge in [-0.3, -0.25) is 4.99 Å². The molecule has 0 aromatic carbocycles. The third-order valence-electron chi connectivity index (χ3n) is 5.37. The van der Waals surface area contributed by atoms with Gasteiger partial charge in [0.05, 0.1) is 0 Å². The van der Waals surface area contributed by atoms with Gasteiger partial charge in [0.15, 0.2) is 5.96 Å². The topological polar surface area (TPSA) is 36.9 Å². The van der Waals surface area contributed by atoms with Gasteiger partial charge in [-0.15, -0.1) is 24.0 Å². The van der Waals surface area contributed by atoms with Crippen LogP contribution >= 0.6 is 35.7 Å². The van der Waals surface area contributed by atoms with Crippen LogP contribution in [-0.4, -0.2) is 61.8 Å². The molecule has 0 aromatic rings. The Morgan fingerprint density at radius 2 is 2.08 bits per heavy atom. The molecule has 1 heterocycles. The van der Waals surface area contributed by atoms with Gasteiger partial charge in [0, 0.05) is 50.9 Å². The third-order valence-corrected chi connectivity index (χ3v) is 6.74. The van der Waals surface area contributed by atoms with Gasteiger partial charge in [0.2, 0.25) is 0 Å². The summed E-state index contributed by atoms with van der Waals surface area (Å²) in [6.45, 7) is 9.40. The van der Waals surface area contributed by atoms with E-state index in [1.807, 2.05) is 7.05 Å². The summed E-state index contributed by atoms with van der Waals surface area (Å²) in [6.07, 6.45) is 7.82. The lowest BCUT2D eigenvalue weighted by Gasteiger charge is -2.36. The molecule has 0 spiro atoms. The Hall–Kier alpha value is 0.310. The van der Waals surface area contributed by atoms with Crippen LogP contribution in [0.2, 0.25) is 0 Å². The fourth-order valence-corrected chi connectivity index (χ4v) is 5.01. The van der Waals surface area contributed by atoms with E-state index in [9.17, 15) is 0 Å². The van der Waals surface area contributed by atoms with Crippen LogP contribution in [0.4, 0.5) is 0 Å². The number of nitrogens with zero attached hydrogens (tertiary/aromatic N) is 2. The standard InChI is InChI=1S/C18H35N3OS.HI/c1-4-16-14-21(11-13-23-16)17(19-3)20-15-18(8-6-7-9-18)10-12-22-5-2;/h16H,4-15H2,1-3H3,(H,19,20);1H. The molecule has 1 aliphatic heterocycles. The van der Waals surface area contributed by atoms with E-state index in [1.54, 1.807) is 0 Å². The number of rotatable bonds is 7. The number of hydrogen-bond acceptors (Lipinski definition) is 3. The molecule has 0 amide bonds. The molecule has 0 bridgehead atoms. The molecular weight excluding hydrogens is 433 g/mol. The Morgan fingerprint density at radius 3 is 2.71 bits per heavy atom. The van der Waals surface area contributed by atoms with Gasteiger partial charge >= 0.3 is 0 Å². The summed E-state index contributed by atoms with van der Waals surface area (Å²) in [5.74, 6) is 2.32. The fraction of sp³-hybridized carbons (Fsp3) is 0.944. The quantitative estimate of drug-likeness (QED) is 0.265. The Bertz CT molecular complexity index is 375. The second kappa shape index (κ2) is 11.8. The number of halogens is 1. The van der Waals surface area contributed by atoms with E-state index in [0.29, 0.717) is 5.41 Å². The van der Waals surface area contributed by atoms with Crippen LogP contribution in [0.1, 0.15) is 52.4 Å². The summed E-state index contributed by atoms with van der Waals surface area (Å²) in [7, 11) is 1.92.